The van der Waals surface area contributed by atoms with E-state index < -0.39 is 10.0 Å². The highest BCUT2D eigenvalue weighted by atomic mass is 32.2. The maximum Gasteiger partial charge on any atom is 0.309 e. The summed E-state index contributed by atoms with van der Waals surface area (Å²) >= 11 is 0. The van der Waals surface area contributed by atoms with Crippen molar-refractivity contribution in [1.82, 2.24) is 4.90 Å². The van der Waals surface area contributed by atoms with Gasteiger partial charge in [-0.1, -0.05) is 30.3 Å². The van der Waals surface area contributed by atoms with E-state index >= 15 is 0 Å². The Labute approximate surface area is 183 Å². The van der Waals surface area contributed by atoms with Gasteiger partial charge in [0.25, 0.3) is 10.0 Å². The second-order valence-corrected chi connectivity index (χ2v) is 9.43. The third-order valence-corrected chi connectivity index (χ3v) is 7.16. The Kier molecular flexibility index (Phi) is 7.33. The van der Waals surface area contributed by atoms with Crippen molar-refractivity contribution in [1.29, 1.82) is 0 Å². The van der Waals surface area contributed by atoms with E-state index in [2.05, 4.69) is 0 Å². The zero-order valence-corrected chi connectivity index (χ0v) is 18.7. The number of hydrogen-bond acceptors (Lipinski definition) is 5. The van der Waals surface area contributed by atoms with Gasteiger partial charge in [0.2, 0.25) is 5.91 Å². The second-order valence-electron chi connectivity index (χ2n) is 7.57. The Morgan fingerprint density at radius 3 is 2.35 bits per heavy atom. The Morgan fingerprint density at radius 2 is 1.74 bits per heavy atom. The molecule has 1 aliphatic heterocycles. The lowest BCUT2D eigenvalue weighted by Gasteiger charge is -2.33. The minimum Gasteiger partial charge on any atom is -0.466 e. The highest BCUT2D eigenvalue weighted by Crippen LogP contribution is 2.25. The van der Waals surface area contributed by atoms with Crippen LogP contribution >= 0.6 is 0 Å². The number of nitrogens with zero attached hydrogens (tertiary/aromatic N) is 2. The molecular weight excluding hydrogens is 416 g/mol. The second kappa shape index (κ2) is 9.96. The van der Waals surface area contributed by atoms with Crippen LogP contribution in [0.3, 0.4) is 0 Å². The predicted octanol–water partition coefficient (Wildman–Crippen LogP) is 2.99. The fourth-order valence-corrected chi connectivity index (χ4v) is 5.09. The van der Waals surface area contributed by atoms with Gasteiger partial charge in [-0.05, 0) is 56.5 Å². The molecule has 2 aromatic carbocycles. The average Bonchev–Trinajstić information content (AvgIpc) is 2.78. The van der Waals surface area contributed by atoms with E-state index in [-0.39, 0.29) is 29.2 Å². The molecule has 1 fully saturated rings. The fourth-order valence-electron chi connectivity index (χ4n) is 3.67. The SMILES string of the molecule is CCOC(=O)C1CCN(C(=O)CN(c2cccc(C)c2)S(=O)(=O)c2ccccc2)CC1. The summed E-state index contributed by atoms with van der Waals surface area (Å²) in [6.45, 7) is 4.47. The van der Waals surface area contributed by atoms with Crippen LogP contribution in [0.5, 0.6) is 0 Å². The fraction of sp³-hybridized carbons (Fsp3) is 0.391. The van der Waals surface area contributed by atoms with Crippen molar-refractivity contribution in [3.63, 3.8) is 0 Å². The van der Waals surface area contributed by atoms with Crippen molar-refractivity contribution < 1.29 is 22.7 Å². The molecule has 1 heterocycles. The molecule has 0 unspecified atom stereocenters. The zero-order valence-electron chi connectivity index (χ0n) is 17.9. The van der Waals surface area contributed by atoms with Crippen LogP contribution in [0, 0.1) is 12.8 Å². The molecule has 2 aromatic rings. The first kappa shape index (κ1) is 22.8. The number of esters is 1. The molecule has 0 radical (unpaired) electrons. The van der Waals surface area contributed by atoms with Crippen molar-refractivity contribution in [2.75, 3.05) is 30.5 Å². The lowest BCUT2D eigenvalue weighted by atomic mass is 9.97. The van der Waals surface area contributed by atoms with E-state index in [9.17, 15) is 18.0 Å². The molecule has 1 saturated heterocycles. The Hall–Kier alpha value is -2.87. The normalized spacial score (nSPS) is 14.8. The topological polar surface area (TPSA) is 84.0 Å². The van der Waals surface area contributed by atoms with Crippen LogP contribution in [0.25, 0.3) is 0 Å². The maximum atomic E-state index is 13.4. The molecule has 0 saturated carbocycles. The summed E-state index contributed by atoms with van der Waals surface area (Å²) in [6, 6.07) is 15.2. The van der Waals surface area contributed by atoms with Gasteiger partial charge in [-0.2, -0.15) is 0 Å². The maximum absolute atomic E-state index is 13.4. The van der Waals surface area contributed by atoms with Gasteiger partial charge in [0.1, 0.15) is 6.54 Å². The Morgan fingerprint density at radius 1 is 1.06 bits per heavy atom. The minimum atomic E-state index is -3.92. The number of anilines is 1. The summed E-state index contributed by atoms with van der Waals surface area (Å²) in [4.78, 5) is 26.7. The molecule has 3 rings (SSSR count). The molecule has 8 heteroatoms. The first-order valence-corrected chi connectivity index (χ1v) is 11.9. The van der Waals surface area contributed by atoms with Gasteiger partial charge in [-0.25, -0.2) is 8.42 Å². The van der Waals surface area contributed by atoms with E-state index in [1.54, 1.807) is 48.2 Å². The first-order chi connectivity index (χ1) is 14.8. The lowest BCUT2D eigenvalue weighted by molar-refractivity contribution is -0.151. The highest BCUT2D eigenvalue weighted by molar-refractivity contribution is 7.92. The van der Waals surface area contributed by atoms with Crippen LogP contribution < -0.4 is 4.31 Å². The smallest absolute Gasteiger partial charge is 0.309 e. The van der Waals surface area contributed by atoms with Crippen LogP contribution in [0.4, 0.5) is 5.69 Å². The summed E-state index contributed by atoms with van der Waals surface area (Å²) < 4.78 is 33.0. The van der Waals surface area contributed by atoms with Crippen LogP contribution in [-0.2, 0) is 24.3 Å². The van der Waals surface area contributed by atoms with Gasteiger partial charge in [-0.15, -0.1) is 0 Å². The minimum absolute atomic E-state index is 0.130. The van der Waals surface area contributed by atoms with Crippen molar-refractivity contribution >= 4 is 27.6 Å². The van der Waals surface area contributed by atoms with Crippen LogP contribution in [0.2, 0.25) is 0 Å². The number of aryl methyl sites for hydroxylation is 1. The van der Waals surface area contributed by atoms with E-state index in [1.807, 2.05) is 13.0 Å². The number of benzene rings is 2. The molecule has 166 valence electrons. The van der Waals surface area contributed by atoms with E-state index in [4.69, 9.17) is 4.74 Å². The molecular formula is C23H28N2O5S. The van der Waals surface area contributed by atoms with Crippen molar-refractivity contribution in [3.05, 3.63) is 60.2 Å². The first-order valence-electron chi connectivity index (χ1n) is 10.4. The summed E-state index contributed by atoms with van der Waals surface area (Å²) in [5, 5.41) is 0. The van der Waals surface area contributed by atoms with Gasteiger partial charge in [0, 0.05) is 13.1 Å². The number of hydrogen-bond donors (Lipinski definition) is 0. The molecule has 31 heavy (non-hydrogen) atoms. The van der Waals surface area contributed by atoms with Crippen LogP contribution in [0.15, 0.2) is 59.5 Å². The zero-order chi connectivity index (χ0) is 22.4. The van der Waals surface area contributed by atoms with Crippen molar-refractivity contribution in [2.45, 2.75) is 31.6 Å². The van der Waals surface area contributed by atoms with Gasteiger partial charge < -0.3 is 9.64 Å². The molecule has 0 bridgehead atoms. The number of sulfonamides is 1. The molecule has 0 aliphatic carbocycles. The number of carbonyl (C=O) groups is 2. The number of carbonyl (C=O) groups excluding carboxylic acids is 2. The molecule has 0 atom stereocenters. The van der Waals surface area contributed by atoms with Crippen molar-refractivity contribution in [3.8, 4) is 0 Å². The predicted molar refractivity (Wildman–Crippen MR) is 118 cm³/mol. The summed E-state index contributed by atoms with van der Waals surface area (Å²) in [5.41, 5.74) is 1.34. The van der Waals surface area contributed by atoms with Gasteiger partial charge in [0.15, 0.2) is 0 Å². The number of likely N-dealkylation sites (tertiary alicyclic amines) is 1. The summed E-state index contributed by atoms with van der Waals surface area (Å²) in [7, 11) is -3.92. The third kappa shape index (κ3) is 5.44. The van der Waals surface area contributed by atoms with Crippen LogP contribution in [-0.4, -0.2) is 51.4 Å². The Balaban J connectivity index is 1.80. The Bertz CT molecular complexity index is 1020. The van der Waals surface area contributed by atoms with Gasteiger partial charge >= 0.3 is 5.97 Å². The van der Waals surface area contributed by atoms with Gasteiger partial charge in [-0.3, -0.25) is 13.9 Å². The molecule has 0 N–H and O–H groups in total. The standard InChI is InChI=1S/C23H28N2O5S/c1-3-30-23(27)19-12-14-24(15-13-19)22(26)17-25(20-9-7-8-18(2)16-20)31(28,29)21-10-5-4-6-11-21/h4-11,16,19H,3,12-15,17H2,1-2H3. The number of amides is 1. The molecule has 0 aromatic heterocycles. The molecule has 7 nitrogen and oxygen atoms in total. The molecule has 0 spiro atoms. The quantitative estimate of drug-likeness (QED) is 0.613. The highest BCUT2D eigenvalue weighted by Gasteiger charge is 2.32. The summed E-state index contributed by atoms with van der Waals surface area (Å²) in [6.07, 6.45) is 1.03. The van der Waals surface area contributed by atoms with E-state index in [0.29, 0.717) is 38.2 Å². The van der Waals surface area contributed by atoms with Gasteiger partial charge in [0.05, 0.1) is 23.1 Å². The van der Waals surface area contributed by atoms with Crippen LogP contribution in [0.1, 0.15) is 25.3 Å². The molecule has 1 aliphatic rings. The van der Waals surface area contributed by atoms with E-state index in [0.717, 1.165) is 9.87 Å². The lowest BCUT2D eigenvalue weighted by Crippen LogP contribution is -2.46. The summed E-state index contributed by atoms with van der Waals surface area (Å²) in [5.74, 6) is -0.740. The largest absolute Gasteiger partial charge is 0.466 e. The van der Waals surface area contributed by atoms with E-state index in [1.165, 1.54) is 12.1 Å². The van der Waals surface area contributed by atoms with Crippen molar-refractivity contribution in [2.24, 2.45) is 5.92 Å². The average molecular weight is 445 g/mol. The number of piperidine rings is 1. The number of ether oxygens (including phenoxy) is 1. The number of rotatable bonds is 7. The molecule has 1 amide bonds. The monoisotopic (exact) mass is 444 g/mol. The third-order valence-electron chi connectivity index (χ3n) is 5.37.